The maximum absolute atomic E-state index is 14.5. The number of benzene rings is 1. The lowest BCUT2D eigenvalue weighted by Gasteiger charge is -2.24. The van der Waals surface area contributed by atoms with Gasteiger partial charge in [0, 0.05) is 31.0 Å². The van der Waals surface area contributed by atoms with Crippen LogP contribution in [0.2, 0.25) is 0 Å². The van der Waals surface area contributed by atoms with Crippen LogP contribution in [0.3, 0.4) is 0 Å². The summed E-state index contributed by atoms with van der Waals surface area (Å²) in [6.45, 7) is 21.5. The molecule has 1 aromatic rings. The van der Waals surface area contributed by atoms with E-state index in [1.807, 2.05) is 38.1 Å². The second-order valence-electron chi connectivity index (χ2n) is 10.5. The molecule has 0 radical (unpaired) electrons. The lowest BCUT2D eigenvalue weighted by Crippen LogP contribution is -2.31. The van der Waals surface area contributed by atoms with E-state index in [1.54, 1.807) is 6.08 Å². The third-order valence-electron chi connectivity index (χ3n) is 7.05. The second kappa shape index (κ2) is 17.0. The maximum atomic E-state index is 14.5. The molecule has 38 heavy (non-hydrogen) atoms. The van der Waals surface area contributed by atoms with Crippen LogP contribution in [-0.4, -0.2) is 48.4 Å². The molecular weight excluding hydrogens is 471 g/mol. The molecule has 4 nitrogen and oxygen atoms in total. The normalized spacial score (nSPS) is 14.0. The Morgan fingerprint density at radius 2 is 1.82 bits per heavy atom. The molecule has 210 valence electrons. The number of halogens is 1. The highest BCUT2D eigenvalue weighted by Gasteiger charge is 2.14. The monoisotopic (exact) mass is 522 g/mol. The molecule has 0 heterocycles. The van der Waals surface area contributed by atoms with Crippen LogP contribution in [0, 0.1) is 11.3 Å². The summed E-state index contributed by atoms with van der Waals surface area (Å²) >= 11 is 0. The second-order valence-corrected chi connectivity index (χ2v) is 10.5. The zero-order valence-electron chi connectivity index (χ0n) is 24.4. The predicted octanol–water partition coefficient (Wildman–Crippen LogP) is 8.77. The number of rotatable bonds is 20. The Hall–Kier alpha value is -2.66. The Labute approximate surface area is 231 Å². The van der Waals surface area contributed by atoms with Crippen molar-refractivity contribution in [2.24, 2.45) is 5.92 Å². The number of allylic oxidation sites excluding steroid dienone is 3. The molecule has 0 saturated heterocycles. The topological polar surface area (TPSA) is 42.4 Å². The molecule has 0 aromatic heterocycles. The van der Waals surface area contributed by atoms with Crippen molar-refractivity contribution in [1.82, 2.24) is 9.80 Å². The molecule has 5 heteroatoms. The molecule has 0 bridgehead atoms. The first-order valence-corrected chi connectivity index (χ1v) is 14.6. The van der Waals surface area contributed by atoms with Gasteiger partial charge in [-0.3, -0.25) is 5.41 Å². The van der Waals surface area contributed by atoms with Gasteiger partial charge >= 0.3 is 0 Å². The largest absolute Gasteiger partial charge is 0.359 e. The molecular formula is C33H51FN4. The SMILES string of the molecule is C=Cc1ccc(N/C(C)=C\C(=N)N(CCC)CCCC(=C)CCN(CCC)CCC2C=C2)cc1C(F)CC. The molecule has 2 rings (SSSR count). The fourth-order valence-corrected chi connectivity index (χ4v) is 4.73. The van der Waals surface area contributed by atoms with E-state index >= 15 is 0 Å². The van der Waals surface area contributed by atoms with Crippen LogP contribution in [-0.2, 0) is 0 Å². The summed E-state index contributed by atoms with van der Waals surface area (Å²) in [4.78, 5) is 4.72. The van der Waals surface area contributed by atoms with Crippen molar-refractivity contribution in [3.8, 4) is 0 Å². The minimum atomic E-state index is -1.02. The van der Waals surface area contributed by atoms with Crippen molar-refractivity contribution in [3.63, 3.8) is 0 Å². The quantitative estimate of drug-likeness (QED) is 0.102. The zero-order valence-corrected chi connectivity index (χ0v) is 24.4. The average Bonchev–Trinajstić information content (AvgIpc) is 3.73. The summed E-state index contributed by atoms with van der Waals surface area (Å²) in [6.07, 6.45) is 14.1. The molecule has 1 aromatic carbocycles. The zero-order chi connectivity index (χ0) is 27.9. The van der Waals surface area contributed by atoms with E-state index in [0.29, 0.717) is 17.8 Å². The molecule has 1 aliphatic rings. The van der Waals surface area contributed by atoms with Crippen molar-refractivity contribution in [3.05, 3.63) is 72.0 Å². The third-order valence-corrected chi connectivity index (χ3v) is 7.05. The highest BCUT2D eigenvalue weighted by molar-refractivity contribution is 5.91. The first-order chi connectivity index (χ1) is 18.3. The summed E-state index contributed by atoms with van der Waals surface area (Å²) in [5.74, 6) is 1.24. The number of nitrogens with one attached hydrogen (secondary N) is 2. The fraction of sp³-hybridized carbons (Fsp3) is 0.545. The van der Waals surface area contributed by atoms with E-state index < -0.39 is 6.17 Å². The van der Waals surface area contributed by atoms with Crippen LogP contribution in [0.25, 0.3) is 6.08 Å². The highest BCUT2D eigenvalue weighted by atomic mass is 19.1. The number of amidine groups is 1. The average molecular weight is 523 g/mol. The first kappa shape index (κ1) is 31.6. The predicted molar refractivity (Wildman–Crippen MR) is 165 cm³/mol. The number of hydrogen-bond acceptors (Lipinski definition) is 3. The van der Waals surface area contributed by atoms with Gasteiger partial charge in [-0.15, -0.1) is 0 Å². The van der Waals surface area contributed by atoms with E-state index in [1.165, 1.54) is 25.0 Å². The van der Waals surface area contributed by atoms with Gasteiger partial charge in [-0.05, 0) is 100 Å². The van der Waals surface area contributed by atoms with E-state index in [4.69, 9.17) is 5.41 Å². The van der Waals surface area contributed by atoms with Crippen molar-refractivity contribution in [2.75, 3.05) is 38.0 Å². The Balaban J connectivity index is 1.85. The van der Waals surface area contributed by atoms with Crippen molar-refractivity contribution in [2.45, 2.75) is 78.8 Å². The summed E-state index contributed by atoms with van der Waals surface area (Å²) in [6, 6.07) is 5.68. The molecule has 0 aliphatic heterocycles. The number of anilines is 1. The van der Waals surface area contributed by atoms with Crippen LogP contribution >= 0.6 is 0 Å². The summed E-state index contributed by atoms with van der Waals surface area (Å²) in [5, 5.41) is 12.1. The van der Waals surface area contributed by atoms with Gasteiger partial charge < -0.3 is 15.1 Å². The molecule has 1 atom stereocenters. The lowest BCUT2D eigenvalue weighted by molar-refractivity contribution is 0.270. The number of hydrogen-bond donors (Lipinski definition) is 2. The highest BCUT2D eigenvalue weighted by Crippen LogP contribution is 2.28. The smallest absolute Gasteiger partial charge is 0.126 e. The van der Waals surface area contributed by atoms with Crippen LogP contribution in [0.15, 0.2) is 60.9 Å². The molecule has 0 spiro atoms. The van der Waals surface area contributed by atoms with Gasteiger partial charge in [0.25, 0.3) is 0 Å². The summed E-state index contributed by atoms with van der Waals surface area (Å²) in [7, 11) is 0. The summed E-state index contributed by atoms with van der Waals surface area (Å²) < 4.78 is 14.5. The van der Waals surface area contributed by atoms with Crippen molar-refractivity contribution in [1.29, 1.82) is 5.41 Å². The van der Waals surface area contributed by atoms with Gasteiger partial charge in [-0.1, -0.05) is 63.8 Å². The minimum absolute atomic E-state index is 0.428. The lowest BCUT2D eigenvalue weighted by atomic mass is 10.0. The van der Waals surface area contributed by atoms with Gasteiger partial charge in [0.05, 0.1) is 0 Å². The van der Waals surface area contributed by atoms with Gasteiger partial charge in [0.15, 0.2) is 0 Å². The van der Waals surface area contributed by atoms with Crippen LogP contribution in [0.1, 0.15) is 89.9 Å². The van der Waals surface area contributed by atoms with Crippen LogP contribution in [0.4, 0.5) is 10.1 Å². The maximum Gasteiger partial charge on any atom is 0.126 e. The Morgan fingerprint density at radius 1 is 1.08 bits per heavy atom. The Kier molecular flexibility index (Phi) is 14.1. The van der Waals surface area contributed by atoms with E-state index in [9.17, 15) is 4.39 Å². The van der Waals surface area contributed by atoms with E-state index in [-0.39, 0.29) is 0 Å². The van der Waals surface area contributed by atoms with Gasteiger partial charge in [0.2, 0.25) is 0 Å². The van der Waals surface area contributed by atoms with Crippen LogP contribution in [0.5, 0.6) is 0 Å². The molecule has 0 saturated carbocycles. The van der Waals surface area contributed by atoms with Crippen molar-refractivity contribution < 1.29 is 4.39 Å². The first-order valence-electron chi connectivity index (χ1n) is 14.6. The minimum Gasteiger partial charge on any atom is -0.359 e. The summed E-state index contributed by atoms with van der Waals surface area (Å²) in [5.41, 5.74) is 4.47. The molecule has 0 amide bonds. The number of nitrogens with zero attached hydrogens (tertiary/aromatic N) is 2. The molecule has 0 fully saturated rings. The third kappa shape index (κ3) is 11.4. The van der Waals surface area contributed by atoms with Gasteiger partial charge in [-0.25, -0.2) is 4.39 Å². The van der Waals surface area contributed by atoms with E-state index in [2.05, 4.69) is 54.3 Å². The molecule has 2 N–H and O–H groups in total. The van der Waals surface area contributed by atoms with Gasteiger partial charge in [0.1, 0.15) is 12.0 Å². The van der Waals surface area contributed by atoms with Crippen molar-refractivity contribution >= 4 is 17.6 Å². The van der Waals surface area contributed by atoms with E-state index in [0.717, 1.165) is 74.7 Å². The fourth-order valence-electron chi connectivity index (χ4n) is 4.73. The Bertz CT molecular complexity index is 958. The molecule has 1 unspecified atom stereocenters. The molecule has 1 aliphatic carbocycles. The number of alkyl halides is 1. The van der Waals surface area contributed by atoms with Crippen LogP contribution < -0.4 is 5.32 Å². The Morgan fingerprint density at radius 3 is 2.45 bits per heavy atom. The van der Waals surface area contributed by atoms with Gasteiger partial charge in [-0.2, -0.15) is 0 Å². The standard InChI is InChI=1S/C33H51FN4/c1-7-19-37(23-18-28-13-14-28)22-17-26(5)12-11-21-38(20-8-2)33(35)24-27(6)36-30-16-15-29(9-3)31(25-30)32(34)10-4/h9,13-16,24-25,28,32,35-36H,3,5,7-8,10-12,17-23H2,1-2,4,6H3/b27-24-,35-33?.